The zero-order chi connectivity index (χ0) is 17.0. The van der Waals surface area contributed by atoms with E-state index in [1.54, 1.807) is 12.1 Å². The average molecular weight is 311 g/mol. The standard InChI is InChI=1S/C15H13N5O3/c1-8(17)13(9(2)21)15(22)23-11-5-3-10(4-6-11)14-12(7-16)18-20-19-14/h3-6,17,21H,1-2H3,(H,18,19,20)/b13-9+,17-8?. The number of aromatic amines is 1. The largest absolute Gasteiger partial charge is 0.512 e. The molecule has 0 saturated carbocycles. The third-order valence-corrected chi connectivity index (χ3v) is 2.93. The molecular formula is C15H13N5O3. The van der Waals surface area contributed by atoms with Gasteiger partial charge in [0.15, 0.2) is 5.69 Å². The Labute approximate surface area is 131 Å². The lowest BCUT2D eigenvalue weighted by atomic mass is 10.1. The minimum absolute atomic E-state index is 0.0899. The predicted molar refractivity (Wildman–Crippen MR) is 80.9 cm³/mol. The summed E-state index contributed by atoms with van der Waals surface area (Å²) in [4.78, 5) is 12.0. The molecule has 0 spiro atoms. The van der Waals surface area contributed by atoms with Gasteiger partial charge in [0, 0.05) is 11.3 Å². The van der Waals surface area contributed by atoms with Crippen molar-refractivity contribution in [2.75, 3.05) is 0 Å². The first-order valence-corrected chi connectivity index (χ1v) is 6.53. The van der Waals surface area contributed by atoms with Crippen molar-refractivity contribution >= 4 is 11.7 Å². The minimum atomic E-state index is -0.815. The highest BCUT2D eigenvalue weighted by molar-refractivity contribution is 6.18. The fraction of sp³-hybridized carbons (Fsp3) is 0.133. The van der Waals surface area contributed by atoms with E-state index in [-0.39, 0.29) is 28.5 Å². The Morgan fingerprint density at radius 3 is 2.48 bits per heavy atom. The summed E-state index contributed by atoms with van der Waals surface area (Å²) in [5, 5.41) is 35.8. The van der Waals surface area contributed by atoms with Crippen LogP contribution in [0.1, 0.15) is 19.5 Å². The van der Waals surface area contributed by atoms with Gasteiger partial charge in [0.05, 0.1) is 0 Å². The second-order valence-corrected chi connectivity index (χ2v) is 4.63. The van der Waals surface area contributed by atoms with E-state index in [1.807, 2.05) is 6.07 Å². The van der Waals surface area contributed by atoms with Crippen LogP contribution in [-0.4, -0.2) is 32.2 Å². The van der Waals surface area contributed by atoms with Crippen LogP contribution >= 0.6 is 0 Å². The molecular weight excluding hydrogens is 298 g/mol. The molecule has 0 aliphatic carbocycles. The van der Waals surface area contributed by atoms with Gasteiger partial charge >= 0.3 is 5.97 Å². The Hall–Kier alpha value is -3.47. The molecule has 2 rings (SSSR count). The summed E-state index contributed by atoms with van der Waals surface area (Å²) in [6.07, 6.45) is 0. The van der Waals surface area contributed by atoms with Crippen molar-refractivity contribution in [3.63, 3.8) is 0 Å². The highest BCUT2D eigenvalue weighted by atomic mass is 16.5. The van der Waals surface area contributed by atoms with Crippen LogP contribution in [0.15, 0.2) is 35.6 Å². The van der Waals surface area contributed by atoms with E-state index in [1.165, 1.54) is 26.0 Å². The second-order valence-electron chi connectivity index (χ2n) is 4.63. The zero-order valence-electron chi connectivity index (χ0n) is 12.4. The number of nitrogens with zero attached hydrogens (tertiary/aromatic N) is 3. The normalized spacial score (nSPS) is 11.3. The van der Waals surface area contributed by atoms with Crippen LogP contribution in [0.3, 0.4) is 0 Å². The van der Waals surface area contributed by atoms with Crippen molar-refractivity contribution in [1.29, 1.82) is 10.7 Å². The van der Waals surface area contributed by atoms with E-state index < -0.39 is 5.97 Å². The third-order valence-electron chi connectivity index (χ3n) is 2.93. The second kappa shape index (κ2) is 6.53. The summed E-state index contributed by atoms with van der Waals surface area (Å²) in [5.74, 6) is -0.856. The van der Waals surface area contributed by atoms with Crippen molar-refractivity contribution in [3.05, 3.63) is 41.3 Å². The molecule has 8 nitrogen and oxygen atoms in total. The number of nitriles is 1. The van der Waals surface area contributed by atoms with Gasteiger partial charge in [-0.05, 0) is 38.1 Å². The number of hydrogen-bond donors (Lipinski definition) is 3. The lowest BCUT2D eigenvalue weighted by Crippen LogP contribution is -2.17. The summed E-state index contributed by atoms with van der Waals surface area (Å²) in [7, 11) is 0. The first-order chi connectivity index (χ1) is 10.9. The molecule has 0 radical (unpaired) electrons. The maximum Gasteiger partial charge on any atom is 0.348 e. The number of rotatable bonds is 4. The molecule has 0 bridgehead atoms. The molecule has 116 valence electrons. The molecule has 8 heteroatoms. The van der Waals surface area contributed by atoms with Crippen molar-refractivity contribution in [2.24, 2.45) is 0 Å². The van der Waals surface area contributed by atoms with E-state index in [4.69, 9.17) is 15.4 Å². The summed E-state index contributed by atoms with van der Waals surface area (Å²) < 4.78 is 5.12. The molecule has 0 saturated heterocycles. The highest BCUT2D eigenvalue weighted by Crippen LogP contribution is 2.23. The number of H-pyrrole nitrogens is 1. The van der Waals surface area contributed by atoms with Crippen molar-refractivity contribution in [1.82, 2.24) is 15.4 Å². The number of nitrogens with one attached hydrogen (secondary N) is 2. The number of esters is 1. The number of carbonyl (C=O) groups is 1. The maximum absolute atomic E-state index is 12.0. The average Bonchev–Trinajstić information content (AvgIpc) is 2.95. The Balaban J connectivity index is 2.21. The SMILES string of the molecule is CC(=N)/C(C(=O)Oc1ccc(-c2n[nH]nc2C#N)cc1)=C(/C)O. The first-order valence-electron chi connectivity index (χ1n) is 6.53. The van der Waals surface area contributed by atoms with Crippen molar-refractivity contribution in [3.8, 4) is 23.1 Å². The molecule has 1 heterocycles. The van der Waals surface area contributed by atoms with Gasteiger partial charge in [-0.2, -0.15) is 15.6 Å². The van der Waals surface area contributed by atoms with Crippen LogP contribution in [0.4, 0.5) is 0 Å². The molecule has 3 N–H and O–H groups in total. The lowest BCUT2D eigenvalue weighted by Gasteiger charge is -2.08. The summed E-state index contributed by atoms with van der Waals surface area (Å²) in [6.45, 7) is 2.69. The van der Waals surface area contributed by atoms with Gasteiger partial charge in [0.2, 0.25) is 0 Å². The maximum atomic E-state index is 12.0. The van der Waals surface area contributed by atoms with Gasteiger partial charge in [-0.15, -0.1) is 5.10 Å². The minimum Gasteiger partial charge on any atom is -0.512 e. The van der Waals surface area contributed by atoms with Crippen molar-refractivity contribution in [2.45, 2.75) is 13.8 Å². The van der Waals surface area contributed by atoms with E-state index in [9.17, 15) is 9.90 Å². The molecule has 1 aromatic carbocycles. The number of allylic oxidation sites excluding steroid dienone is 1. The molecule has 0 fully saturated rings. The van der Waals surface area contributed by atoms with E-state index >= 15 is 0 Å². The first kappa shape index (κ1) is 15.9. The third kappa shape index (κ3) is 3.41. The Bertz CT molecular complexity index is 824. The summed E-state index contributed by atoms with van der Waals surface area (Å²) >= 11 is 0. The quantitative estimate of drug-likeness (QED) is 0.260. The van der Waals surface area contributed by atoms with Crippen LogP contribution in [0, 0.1) is 16.7 Å². The topological polar surface area (TPSA) is 136 Å². The lowest BCUT2D eigenvalue weighted by molar-refractivity contribution is -0.129. The van der Waals surface area contributed by atoms with Crippen molar-refractivity contribution < 1.29 is 14.6 Å². The van der Waals surface area contributed by atoms with Crippen LogP contribution in [0.2, 0.25) is 0 Å². The Kier molecular flexibility index (Phi) is 4.52. The molecule has 0 aliphatic heterocycles. The number of hydrogen-bond acceptors (Lipinski definition) is 7. The Morgan fingerprint density at radius 2 is 1.96 bits per heavy atom. The van der Waals surface area contributed by atoms with Gasteiger partial charge in [0.25, 0.3) is 0 Å². The van der Waals surface area contributed by atoms with E-state index in [0.29, 0.717) is 11.3 Å². The van der Waals surface area contributed by atoms with E-state index in [2.05, 4.69) is 15.4 Å². The number of ether oxygens (including phenoxy) is 1. The smallest absolute Gasteiger partial charge is 0.348 e. The predicted octanol–water partition coefficient (Wildman–Crippen LogP) is 2.12. The summed E-state index contributed by atoms with van der Waals surface area (Å²) in [5.41, 5.74) is 0.917. The van der Waals surface area contributed by atoms with Gasteiger partial charge in [-0.25, -0.2) is 4.79 Å². The zero-order valence-corrected chi connectivity index (χ0v) is 12.4. The van der Waals surface area contributed by atoms with Gasteiger partial charge < -0.3 is 15.3 Å². The van der Waals surface area contributed by atoms with Gasteiger partial charge in [0.1, 0.15) is 28.8 Å². The fourth-order valence-electron chi connectivity index (χ4n) is 1.92. The number of aromatic nitrogens is 3. The molecule has 1 aromatic heterocycles. The molecule has 0 unspecified atom stereocenters. The number of carbonyl (C=O) groups excluding carboxylic acids is 1. The molecule has 2 aromatic rings. The van der Waals surface area contributed by atoms with Gasteiger partial charge in [-0.3, -0.25) is 0 Å². The number of aliphatic hydroxyl groups is 1. The van der Waals surface area contributed by atoms with Gasteiger partial charge in [-0.1, -0.05) is 0 Å². The van der Waals surface area contributed by atoms with Crippen LogP contribution < -0.4 is 4.74 Å². The highest BCUT2D eigenvalue weighted by Gasteiger charge is 2.18. The monoisotopic (exact) mass is 311 g/mol. The van der Waals surface area contributed by atoms with Crippen LogP contribution in [0.25, 0.3) is 11.3 Å². The molecule has 23 heavy (non-hydrogen) atoms. The molecule has 0 aliphatic rings. The number of benzene rings is 1. The van der Waals surface area contributed by atoms with Crippen LogP contribution in [-0.2, 0) is 4.79 Å². The Morgan fingerprint density at radius 1 is 1.30 bits per heavy atom. The summed E-state index contributed by atoms with van der Waals surface area (Å²) in [6, 6.07) is 8.19. The molecule has 0 atom stereocenters. The molecule has 0 amide bonds. The van der Waals surface area contributed by atoms with Crippen LogP contribution in [0.5, 0.6) is 5.75 Å². The van der Waals surface area contributed by atoms with E-state index in [0.717, 1.165) is 0 Å². The fourth-order valence-corrected chi connectivity index (χ4v) is 1.92. The number of aliphatic hydroxyl groups excluding tert-OH is 1.